The third kappa shape index (κ3) is 3.85. The molecule has 4 nitrogen and oxygen atoms in total. The van der Waals surface area contributed by atoms with E-state index in [1.54, 1.807) is 0 Å². The van der Waals surface area contributed by atoms with Crippen LogP contribution in [0.25, 0.3) is 0 Å². The van der Waals surface area contributed by atoms with Crippen molar-refractivity contribution in [1.29, 1.82) is 0 Å². The number of hydrogen-bond donors (Lipinski definition) is 2. The van der Waals surface area contributed by atoms with E-state index in [9.17, 15) is 18.0 Å². The van der Waals surface area contributed by atoms with Crippen LogP contribution in [0.4, 0.5) is 13.2 Å². The highest BCUT2D eigenvalue weighted by Crippen LogP contribution is 2.16. The maximum Gasteiger partial charge on any atom is 0.401 e. The Kier molecular flexibility index (Phi) is 3.83. The van der Waals surface area contributed by atoms with E-state index >= 15 is 0 Å². The van der Waals surface area contributed by atoms with Crippen LogP contribution in [-0.2, 0) is 4.79 Å². The van der Waals surface area contributed by atoms with Gasteiger partial charge in [-0.1, -0.05) is 6.07 Å². The van der Waals surface area contributed by atoms with E-state index in [0.29, 0.717) is 5.56 Å². The molecule has 7 heteroatoms. The molecular weight excluding hydrogens is 223 g/mol. The van der Waals surface area contributed by atoms with E-state index in [1.165, 1.54) is 24.5 Å². The zero-order valence-electron chi connectivity index (χ0n) is 8.16. The lowest BCUT2D eigenvalue weighted by molar-refractivity contribution is -0.130. The minimum atomic E-state index is -4.39. The second kappa shape index (κ2) is 4.93. The van der Waals surface area contributed by atoms with Crippen molar-refractivity contribution < 1.29 is 18.0 Å². The topological polar surface area (TPSA) is 68.0 Å². The molecule has 88 valence electrons. The van der Waals surface area contributed by atoms with E-state index in [-0.39, 0.29) is 0 Å². The van der Waals surface area contributed by atoms with E-state index in [2.05, 4.69) is 4.98 Å². The van der Waals surface area contributed by atoms with Crippen molar-refractivity contribution in [2.75, 3.05) is 6.54 Å². The molecule has 0 aliphatic carbocycles. The van der Waals surface area contributed by atoms with Gasteiger partial charge in [0, 0.05) is 12.4 Å². The van der Waals surface area contributed by atoms with Crippen molar-refractivity contribution in [3.63, 3.8) is 0 Å². The van der Waals surface area contributed by atoms with Gasteiger partial charge in [0.1, 0.15) is 6.04 Å². The van der Waals surface area contributed by atoms with E-state index in [4.69, 9.17) is 5.73 Å². The number of carbonyl (C=O) groups excluding carboxylic acids is 1. The first kappa shape index (κ1) is 12.4. The zero-order chi connectivity index (χ0) is 12.2. The molecule has 1 unspecified atom stereocenters. The predicted octanol–water partition coefficient (Wildman–Crippen LogP) is 0.760. The molecule has 1 aromatic heterocycles. The number of rotatable bonds is 4. The Bertz CT molecular complexity index is 353. The molecule has 0 spiro atoms. The molecule has 1 aromatic rings. The number of nitrogens with one attached hydrogen (secondary N) is 1. The number of nitrogens with zero attached hydrogens (tertiary/aromatic N) is 1. The van der Waals surface area contributed by atoms with Gasteiger partial charge in [0.15, 0.2) is 0 Å². The number of nitrogens with two attached hydrogens (primary N) is 1. The molecule has 0 aromatic carbocycles. The van der Waals surface area contributed by atoms with Gasteiger partial charge in [-0.25, -0.2) is 0 Å². The minimum Gasteiger partial charge on any atom is -0.368 e. The molecule has 0 saturated heterocycles. The number of primary amides is 1. The van der Waals surface area contributed by atoms with Crippen LogP contribution in [0.2, 0.25) is 0 Å². The van der Waals surface area contributed by atoms with Crippen molar-refractivity contribution >= 4 is 5.91 Å². The van der Waals surface area contributed by atoms with Crippen LogP contribution < -0.4 is 11.1 Å². The molecule has 0 bridgehead atoms. The molecule has 0 aliphatic heterocycles. The third-order valence-corrected chi connectivity index (χ3v) is 1.81. The van der Waals surface area contributed by atoms with Gasteiger partial charge in [-0.3, -0.25) is 15.1 Å². The molecule has 0 fully saturated rings. The SMILES string of the molecule is NC(=O)C(NCC(F)(F)F)c1cccnc1. The summed E-state index contributed by atoms with van der Waals surface area (Å²) >= 11 is 0. The molecule has 1 atom stereocenters. The first-order valence-corrected chi connectivity index (χ1v) is 4.39. The quantitative estimate of drug-likeness (QED) is 0.806. The minimum absolute atomic E-state index is 0.305. The van der Waals surface area contributed by atoms with Crippen molar-refractivity contribution in [2.24, 2.45) is 5.73 Å². The number of amides is 1. The molecule has 1 amide bonds. The number of halogens is 3. The number of alkyl halides is 3. The maximum atomic E-state index is 12.0. The largest absolute Gasteiger partial charge is 0.401 e. The first-order chi connectivity index (χ1) is 7.40. The number of carbonyl (C=O) groups is 1. The average Bonchev–Trinajstić information content (AvgIpc) is 2.17. The standard InChI is InChI=1S/C9H10F3N3O/c10-9(11,12)5-15-7(8(13)16)6-2-1-3-14-4-6/h1-4,7,15H,5H2,(H2,13,16). The summed E-state index contributed by atoms with van der Waals surface area (Å²) < 4.78 is 35.9. The Balaban J connectivity index is 2.74. The average molecular weight is 233 g/mol. The normalized spacial score (nSPS) is 13.4. The molecule has 0 aliphatic rings. The zero-order valence-corrected chi connectivity index (χ0v) is 8.16. The Morgan fingerprint density at radius 1 is 1.56 bits per heavy atom. The Hall–Kier alpha value is -1.63. The molecule has 16 heavy (non-hydrogen) atoms. The summed E-state index contributed by atoms with van der Waals surface area (Å²) in [6, 6.07) is 1.81. The van der Waals surface area contributed by atoms with Crippen LogP contribution in [0.5, 0.6) is 0 Å². The lowest BCUT2D eigenvalue weighted by atomic mass is 10.1. The maximum absolute atomic E-state index is 12.0. The molecule has 0 saturated carbocycles. The molecule has 0 radical (unpaired) electrons. The van der Waals surface area contributed by atoms with Gasteiger partial charge in [0.05, 0.1) is 6.54 Å². The second-order valence-electron chi connectivity index (χ2n) is 3.12. The summed E-state index contributed by atoms with van der Waals surface area (Å²) in [6.45, 7) is -1.28. The van der Waals surface area contributed by atoms with E-state index in [0.717, 1.165) is 0 Å². The van der Waals surface area contributed by atoms with Crippen LogP contribution in [0.15, 0.2) is 24.5 Å². The summed E-state index contributed by atoms with van der Waals surface area (Å²) in [5.74, 6) is -0.878. The van der Waals surface area contributed by atoms with E-state index < -0.39 is 24.7 Å². The molecule has 1 rings (SSSR count). The lowest BCUT2D eigenvalue weighted by Crippen LogP contribution is -2.39. The van der Waals surface area contributed by atoms with Gasteiger partial charge in [-0.15, -0.1) is 0 Å². The summed E-state index contributed by atoms with van der Waals surface area (Å²) in [4.78, 5) is 14.7. The van der Waals surface area contributed by atoms with Gasteiger partial charge in [0.25, 0.3) is 0 Å². The van der Waals surface area contributed by atoms with Crippen LogP contribution in [0, 0.1) is 0 Å². The smallest absolute Gasteiger partial charge is 0.368 e. The Labute approximate surface area is 89.7 Å². The molecular formula is C9H10F3N3O. The molecule has 1 heterocycles. The monoisotopic (exact) mass is 233 g/mol. The predicted molar refractivity (Wildman–Crippen MR) is 50.2 cm³/mol. The third-order valence-electron chi connectivity index (χ3n) is 1.81. The highest BCUT2D eigenvalue weighted by atomic mass is 19.4. The summed E-state index contributed by atoms with van der Waals surface area (Å²) in [7, 11) is 0. The fourth-order valence-electron chi connectivity index (χ4n) is 1.15. The summed E-state index contributed by atoms with van der Waals surface area (Å²) in [6.07, 6.45) is -1.65. The van der Waals surface area contributed by atoms with Gasteiger partial charge < -0.3 is 5.73 Å². The van der Waals surface area contributed by atoms with Crippen LogP contribution in [0.1, 0.15) is 11.6 Å². The highest BCUT2D eigenvalue weighted by Gasteiger charge is 2.30. The number of hydrogen-bond acceptors (Lipinski definition) is 3. The van der Waals surface area contributed by atoms with Crippen LogP contribution in [0.3, 0.4) is 0 Å². The van der Waals surface area contributed by atoms with Gasteiger partial charge in [-0.05, 0) is 11.6 Å². The lowest BCUT2D eigenvalue weighted by Gasteiger charge is -2.16. The fourth-order valence-corrected chi connectivity index (χ4v) is 1.15. The van der Waals surface area contributed by atoms with Gasteiger partial charge in [0.2, 0.25) is 5.91 Å². The van der Waals surface area contributed by atoms with Crippen molar-refractivity contribution in [3.8, 4) is 0 Å². The van der Waals surface area contributed by atoms with Crippen molar-refractivity contribution in [2.45, 2.75) is 12.2 Å². The Morgan fingerprint density at radius 2 is 2.25 bits per heavy atom. The van der Waals surface area contributed by atoms with Crippen LogP contribution in [-0.4, -0.2) is 23.6 Å². The van der Waals surface area contributed by atoms with Crippen molar-refractivity contribution in [3.05, 3.63) is 30.1 Å². The Morgan fingerprint density at radius 3 is 2.69 bits per heavy atom. The van der Waals surface area contributed by atoms with Gasteiger partial charge in [-0.2, -0.15) is 13.2 Å². The van der Waals surface area contributed by atoms with Crippen molar-refractivity contribution in [1.82, 2.24) is 10.3 Å². The van der Waals surface area contributed by atoms with E-state index in [1.807, 2.05) is 5.32 Å². The summed E-state index contributed by atoms with van der Waals surface area (Å²) in [5.41, 5.74) is 5.31. The number of pyridine rings is 1. The summed E-state index contributed by atoms with van der Waals surface area (Å²) in [5, 5.41) is 2.04. The first-order valence-electron chi connectivity index (χ1n) is 4.39. The second-order valence-corrected chi connectivity index (χ2v) is 3.12. The molecule has 3 N–H and O–H groups in total. The highest BCUT2D eigenvalue weighted by molar-refractivity contribution is 5.81. The van der Waals surface area contributed by atoms with Crippen LogP contribution >= 0.6 is 0 Å². The van der Waals surface area contributed by atoms with Gasteiger partial charge >= 0.3 is 6.18 Å². The number of aromatic nitrogens is 1. The fraction of sp³-hybridized carbons (Fsp3) is 0.333.